The van der Waals surface area contributed by atoms with E-state index >= 15 is 0 Å². The molecular weight excluding hydrogens is 244 g/mol. The minimum atomic E-state index is -1.24. The average Bonchev–Trinajstić information content (AvgIpc) is 2.70. The van der Waals surface area contributed by atoms with Gasteiger partial charge >= 0.3 is 5.97 Å². The first kappa shape index (κ1) is 13.4. The van der Waals surface area contributed by atoms with Crippen molar-refractivity contribution in [2.24, 2.45) is 5.16 Å². The van der Waals surface area contributed by atoms with Crippen LogP contribution in [0.1, 0.15) is 32.5 Å². The van der Waals surface area contributed by atoms with Gasteiger partial charge in [0.05, 0.1) is 0 Å². The van der Waals surface area contributed by atoms with E-state index < -0.39 is 5.97 Å². The third-order valence-corrected chi connectivity index (χ3v) is 2.60. The second-order valence-electron chi connectivity index (χ2n) is 3.25. The van der Waals surface area contributed by atoms with Gasteiger partial charge in [0.2, 0.25) is 11.5 Å². The smallest absolute Gasteiger partial charge is 0.362 e. The predicted octanol–water partition coefficient (Wildman–Crippen LogP) is 1.11. The van der Waals surface area contributed by atoms with Gasteiger partial charge in [0, 0.05) is 11.5 Å². The van der Waals surface area contributed by atoms with Gasteiger partial charge < -0.3 is 15.7 Å². The van der Waals surface area contributed by atoms with Gasteiger partial charge in [0.15, 0.2) is 5.13 Å². The highest BCUT2D eigenvalue weighted by atomic mass is 32.1. The second kappa shape index (κ2) is 6.14. The molecule has 0 aromatic carbocycles. The number of hydrogen-bond acceptors (Lipinski definition) is 7. The van der Waals surface area contributed by atoms with Gasteiger partial charge in [-0.05, 0) is 12.8 Å². The lowest BCUT2D eigenvalue weighted by molar-refractivity contribution is -0.129. The Balaban J connectivity index is 2.86. The summed E-state index contributed by atoms with van der Waals surface area (Å²) < 4.78 is 3.78. The highest BCUT2D eigenvalue weighted by Crippen LogP contribution is 2.09. The van der Waals surface area contributed by atoms with Gasteiger partial charge in [0.25, 0.3) is 0 Å². The van der Waals surface area contributed by atoms with E-state index in [4.69, 9.17) is 15.7 Å². The van der Waals surface area contributed by atoms with Crippen LogP contribution in [0.25, 0.3) is 0 Å². The fourth-order valence-corrected chi connectivity index (χ4v) is 1.51. The van der Waals surface area contributed by atoms with Crippen molar-refractivity contribution in [3.8, 4) is 0 Å². The van der Waals surface area contributed by atoms with Crippen LogP contribution in [0.15, 0.2) is 5.16 Å². The van der Waals surface area contributed by atoms with Crippen LogP contribution in [-0.2, 0) is 9.63 Å². The molecule has 8 heteroatoms. The fourth-order valence-electron chi connectivity index (χ4n) is 1.07. The molecule has 1 heterocycles. The first-order valence-corrected chi connectivity index (χ1v) is 5.92. The summed E-state index contributed by atoms with van der Waals surface area (Å²) in [6.45, 7) is 3.87. The molecule has 94 valence electrons. The summed E-state index contributed by atoms with van der Waals surface area (Å²) in [5.41, 5.74) is 5.05. The monoisotopic (exact) mass is 258 g/mol. The summed E-state index contributed by atoms with van der Waals surface area (Å²) in [7, 11) is 0. The van der Waals surface area contributed by atoms with Crippen molar-refractivity contribution in [2.75, 3.05) is 5.73 Å². The maximum Gasteiger partial charge on any atom is 0.362 e. The van der Waals surface area contributed by atoms with E-state index in [-0.39, 0.29) is 22.8 Å². The van der Waals surface area contributed by atoms with Crippen molar-refractivity contribution < 1.29 is 14.7 Å². The highest BCUT2D eigenvalue weighted by Gasteiger charge is 2.19. The third kappa shape index (κ3) is 3.66. The number of oxime groups is 1. The molecule has 0 aliphatic rings. The van der Waals surface area contributed by atoms with Crippen molar-refractivity contribution in [2.45, 2.75) is 32.8 Å². The van der Waals surface area contributed by atoms with Crippen molar-refractivity contribution in [1.82, 2.24) is 9.36 Å². The van der Waals surface area contributed by atoms with Crippen LogP contribution in [-0.4, -0.2) is 32.2 Å². The third-order valence-electron chi connectivity index (χ3n) is 2.06. The molecule has 0 unspecified atom stereocenters. The number of anilines is 1. The van der Waals surface area contributed by atoms with Gasteiger partial charge in [-0.3, -0.25) is 0 Å². The van der Waals surface area contributed by atoms with E-state index in [9.17, 15) is 4.79 Å². The molecule has 0 fully saturated rings. The predicted molar refractivity (Wildman–Crippen MR) is 63.9 cm³/mol. The maximum absolute atomic E-state index is 11.0. The minimum absolute atomic E-state index is 0.0223. The second-order valence-corrected chi connectivity index (χ2v) is 4.03. The number of aliphatic carboxylic acids is 1. The summed E-state index contributed by atoms with van der Waals surface area (Å²) in [6.07, 6.45) is 1.39. The van der Waals surface area contributed by atoms with Crippen molar-refractivity contribution in [1.29, 1.82) is 0 Å². The van der Waals surface area contributed by atoms with Gasteiger partial charge in [-0.15, -0.1) is 0 Å². The highest BCUT2D eigenvalue weighted by molar-refractivity contribution is 7.09. The molecule has 0 amide bonds. The molecule has 0 saturated heterocycles. The number of rotatable bonds is 6. The number of nitrogens with zero attached hydrogens (tertiary/aromatic N) is 3. The molecule has 0 bridgehead atoms. The molecule has 1 aromatic rings. The van der Waals surface area contributed by atoms with Crippen molar-refractivity contribution in [3.05, 3.63) is 5.82 Å². The van der Waals surface area contributed by atoms with Crippen LogP contribution < -0.4 is 5.73 Å². The molecule has 0 atom stereocenters. The van der Waals surface area contributed by atoms with E-state index in [0.717, 1.165) is 24.4 Å². The van der Waals surface area contributed by atoms with Crippen molar-refractivity contribution in [3.63, 3.8) is 0 Å². The van der Waals surface area contributed by atoms with Crippen LogP contribution in [0.2, 0.25) is 0 Å². The van der Waals surface area contributed by atoms with Crippen LogP contribution in [0.3, 0.4) is 0 Å². The van der Waals surface area contributed by atoms with Crippen LogP contribution in [0.5, 0.6) is 0 Å². The van der Waals surface area contributed by atoms with Gasteiger partial charge in [0.1, 0.15) is 6.10 Å². The lowest BCUT2D eigenvalue weighted by Crippen LogP contribution is -2.18. The molecule has 17 heavy (non-hydrogen) atoms. The van der Waals surface area contributed by atoms with Gasteiger partial charge in [-0.2, -0.15) is 9.36 Å². The zero-order valence-electron chi connectivity index (χ0n) is 9.58. The number of carboxylic acids is 1. The summed E-state index contributed by atoms with van der Waals surface area (Å²) in [4.78, 5) is 19.8. The lowest BCUT2D eigenvalue weighted by atomic mass is 10.2. The average molecular weight is 258 g/mol. The Bertz CT molecular complexity index is 414. The molecule has 1 aromatic heterocycles. The Morgan fingerprint density at radius 2 is 2.24 bits per heavy atom. The molecule has 0 saturated carbocycles. The Morgan fingerprint density at radius 3 is 2.65 bits per heavy atom. The quantitative estimate of drug-likeness (QED) is 0.584. The molecular formula is C9H14N4O3S. The summed E-state index contributed by atoms with van der Waals surface area (Å²) in [5.74, 6) is -1.26. The number of carboxylic acid groups (broad SMARTS) is 1. The number of aromatic nitrogens is 2. The number of carbonyl (C=O) groups is 1. The van der Waals surface area contributed by atoms with E-state index in [1.807, 2.05) is 13.8 Å². The normalized spacial score (nSPS) is 11.8. The van der Waals surface area contributed by atoms with Crippen molar-refractivity contribution >= 4 is 28.3 Å². The Morgan fingerprint density at radius 1 is 1.59 bits per heavy atom. The van der Waals surface area contributed by atoms with E-state index in [0.29, 0.717) is 0 Å². The first-order chi connectivity index (χ1) is 8.08. The maximum atomic E-state index is 11.0. The Labute approximate surface area is 102 Å². The van der Waals surface area contributed by atoms with E-state index in [1.54, 1.807) is 0 Å². The zero-order chi connectivity index (χ0) is 12.8. The Hall–Kier alpha value is -1.70. The molecule has 1 rings (SSSR count). The molecule has 0 aliphatic heterocycles. The standard InChI is InChI=1S/C9H14N4O3S/c1-3-5(4-2)16-12-6(8(14)15)7-11-9(10)17-13-7/h5H,3-4H2,1-2H3,(H,14,15)(H2,10,11,13)/b12-6-. The zero-order valence-corrected chi connectivity index (χ0v) is 10.4. The Kier molecular flexibility index (Phi) is 4.83. The molecule has 0 aliphatic carbocycles. The van der Waals surface area contributed by atoms with Gasteiger partial charge in [-0.25, -0.2) is 4.79 Å². The lowest BCUT2D eigenvalue weighted by Gasteiger charge is -2.09. The molecule has 3 N–H and O–H groups in total. The topological polar surface area (TPSA) is 111 Å². The fraction of sp³-hybridized carbons (Fsp3) is 0.556. The number of hydrogen-bond donors (Lipinski definition) is 2. The molecule has 0 spiro atoms. The summed E-state index contributed by atoms with van der Waals surface area (Å²) in [5, 5.41) is 12.8. The van der Waals surface area contributed by atoms with Crippen LogP contribution >= 0.6 is 11.5 Å². The number of nitrogen functional groups attached to an aromatic ring is 1. The minimum Gasteiger partial charge on any atom is -0.476 e. The SMILES string of the molecule is CCC(CC)O/N=C(\C(=O)O)c1nsc(N)n1. The molecule has 7 nitrogen and oxygen atoms in total. The van der Waals surface area contributed by atoms with Gasteiger partial charge in [-0.1, -0.05) is 19.0 Å². The first-order valence-electron chi connectivity index (χ1n) is 5.15. The largest absolute Gasteiger partial charge is 0.476 e. The van der Waals surface area contributed by atoms with E-state index in [2.05, 4.69) is 14.5 Å². The molecule has 0 radical (unpaired) electrons. The summed E-state index contributed by atoms with van der Waals surface area (Å²) in [6, 6.07) is 0. The van der Waals surface area contributed by atoms with Crippen LogP contribution in [0.4, 0.5) is 5.13 Å². The summed E-state index contributed by atoms with van der Waals surface area (Å²) >= 11 is 0.913. The van der Waals surface area contributed by atoms with Crippen LogP contribution in [0, 0.1) is 0 Å². The van der Waals surface area contributed by atoms with E-state index in [1.165, 1.54) is 0 Å². The number of nitrogens with two attached hydrogens (primary N) is 1.